The Labute approximate surface area is 183 Å². The SMILES string of the molecule is COc1cc(NC(=O)Nc2cc(C(F)(F)F)ccc2F)ccc1B1OC(C)(C)C(C)(C)O1. The third-order valence-electron chi connectivity index (χ3n) is 5.54. The topological polar surface area (TPSA) is 68.8 Å². The minimum atomic E-state index is -4.67. The van der Waals surface area contributed by atoms with Gasteiger partial charge in [-0.05, 0) is 52.0 Å². The maximum Gasteiger partial charge on any atom is 0.498 e. The molecular weight excluding hydrogens is 431 g/mol. The van der Waals surface area contributed by atoms with Crippen molar-refractivity contribution in [2.24, 2.45) is 0 Å². The van der Waals surface area contributed by atoms with E-state index in [1.54, 1.807) is 12.1 Å². The van der Waals surface area contributed by atoms with Crippen molar-refractivity contribution < 1.29 is 36.4 Å². The van der Waals surface area contributed by atoms with Gasteiger partial charge in [0.1, 0.15) is 11.6 Å². The monoisotopic (exact) mass is 454 g/mol. The van der Waals surface area contributed by atoms with E-state index < -0.39 is 47.6 Å². The molecular formula is C21H23BF4N2O4. The van der Waals surface area contributed by atoms with E-state index in [0.29, 0.717) is 29.4 Å². The van der Waals surface area contributed by atoms with Crippen molar-refractivity contribution in [1.29, 1.82) is 0 Å². The number of halogens is 4. The van der Waals surface area contributed by atoms with Crippen LogP contribution in [-0.2, 0) is 15.5 Å². The van der Waals surface area contributed by atoms with E-state index in [1.165, 1.54) is 13.2 Å². The van der Waals surface area contributed by atoms with Gasteiger partial charge in [-0.3, -0.25) is 0 Å². The summed E-state index contributed by atoms with van der Waals surface area (Å²) in [6.07, 6.45) is -4.67. The van der Waals surface area contributed by atoms with E-state index >= 15 is 0 Å². The van der Waals surface area contributed by atoms with Crippen LogP contribution in [0.2, 0.25) is 0 Å². The quantitative estimate of drug-likeness (QED) is 0.515. The van der Waals surface area contributed by atoms with Gasteiger partial charge in [-0.25, -0.2) is 9.18 Å². The van der Waals surface area contributed by atoms with Crippen LogP contribution < -0.4 is 20.8 Å². The first-order chi connectivity index (χ1) is 14.7. The molecule has 1 heterocycles. The largest absolute Gasteiger partial charge is 0.498 e. The molecule has 1 saturated heterocycles. The highest BCUT2D eigenvalue weighted by molar-refractivity contribution is 6.63. The van der Waals surface area contributed by atoms with Crippen molar-refractivity contribution in [3.63, 3.8) is 0 Å². The zero-order chi connectivity index (χ0) is 23.9. The molecule has 1 aliphatic rings. The molecule has 0 aromatic heterocycles. The molecule has 2 aromatic rings. The normalized spacial score (nSPS) is 17.2. The van der Waals surface area contributed by atoms with Crippen LogP contribution >= 0.6 is 0 Å². The van der Waals surface area contributed by atoms with E-state index in [-0.39, 0.29) is 5.69 Å². The second kappa shape index (κ2) is 8.29. The maximum atomic E-state index is 13.9. The summed E-state index contributed by atoms with van der Waals surface area (Å²) in [7, 11) is 0.739. The van der Waals surface area contributed by atoms with E-state index in [2.05, 4.69) is 10.6 Å². The molecule has 11 heteroatoms. The summed E-state index contributed by atoms with van der Waals surface area (Å²) >= 11 is 0. The molecule has 32 heavy (non-hydrogen) atoms. The number of urea groups is 1. The molecule has 6 nitrogen and oxygen atoms in total. The molecule has 0 bridgehead atoms. The van der Waals surface area contributed by atoms with Crippen molar-refractivity contribution in [2.75, 3.05) is 17.7 Å². The van der Waals surface area contributed by atoms with Crippen molar-refractivity contribution in [3.05, 3.63) is 47.8 Å². The zero-order valence-corrected chi connectivity index (χ0v) is 18.2. The van der Waals surface area contributed by atoms with Crippen LogP contribution in [0.3, 0.4) is 0 Å². The van der Waals surface area contributed by atoms with E-state index in [9.17, 15) is 22.4 Å². The Morgan fingerprint density at radius 2 is 1.62 bits per heavy atom. The number of methoxy groups -OCH3 is 1. The third kappa shape index (κ3) is 4.83. The summed E-state index contributed by atoms with van der Waals surface area (Å²) in [5.41, 5.74) is -1.93. The number of alkyl halides is 3. The fraction of sp³-hybridized carbons (Fsp3) is 0.381. The number of rotatable bonds is 4. The maximum absolute atomic E-state index is 13.9. The van der Waals surface area contributed by atoms with Gasteiger partial charge >= 0.3 is 19.3 Å². The summed E-state index contributed by atoms with van der Waals surface area (Å²) < 4.78 is 69.8. The summed E-state index contributed by atoms with van der Waals surface area (Å²) in [5, 5.41) is 4.53. The van der Waals surface area contributed by atoms with Crippen molar-refractivity contribution in [2.45, 2.75) is 45.1 Å². The number of hydrogen-bond acceptors (Lipinski definition) is 4. The highest BCUT2D eigenvalue weighted by Crippen LogP contribution is 2.37. The van der Waals surface area contributed by atoms with E-state index in [4.69, 9.17) is 14.0 Å². The molecule has 1 fully saturated rings. The minimum Gasteiger partial charge on any atom is -0.497 e. The predicted molar refractivity (Wildman–Crippen MR) is 113 cm³/mol. The van der Waals surface area contributed by atoms with Gasteiger partial charge in [0.15, 0.2) is 0 Å². The van der Waals surface area contributed by atoms with Crippen LogP contribution in [0.25, 0.3) is 0 Å². The zero-order valence-electron chi connectivity index (χ0n) is 18.2. The van der Waals surface area contributed by atoms with Crippen LogP contribution in [0.1, 0.15) is 33.3 Å². The Bertz CT molecular complexity index is 1010. The molecule has 172 valence electrons. The Morgan fingerprint density at radius 3 is 2.19 bits per heavy atom. The Kier molecular flexibility index (Phi) is 6.18. The predicted octanol–water partition coefficient (Wildman–Crippen LogP) is 4.80. The van der Waals surface area contributed by atoms with Gasteiger partial charge in [0.25, 0.3) is 0 Å². The molecule has 2 aromatic carbocycles. The minimum absolute atomic E-state index is 0.270. The Hall–Kier alpha value is -2.79. The molecule has 1 aliphatic heterocycles. The summed E-state index contributed by atoms with van der Waals surface area (Å²) in [5.74, 6) is -0.631. The standard InChI is InChI=1S/C21H23BF4N2O4/c1-19(2)20(3,4)32-22(31-19)14-8-7-13(11-17(14)30-5)27-18(29)28-16-10-12(21(24,25)26)6-9-15(16)23/h6-11H,1-5H3,(H2,27,28,29). The molecule has 2 amide bonds. The van der Waals surface area contributed by atoms with E-state index in [0.717, 1.165) is 0 Å². The molecule has 0 saturated carbocycles. The first-order valence-corrected chi connectivity index (χ1v) is 9.72. The first kappa shape index (κ1) is 23.9. The average Bonchev–Trinajstić information content (AvgIpc) is 2.89. The molecule has 0 radical (unpaired) electrons. The van der Waals surface area contributed by atoms with Crippen molar-refractivity contribution in [3.8, 4) is 5.75 Å². The first-order valence-electron chi connectivity index (χ1n) is 9.72. The lowest BCUT2D eigenvalue weighted by Gasteiger charge is -2.32. The fourth-order valence-corrected chi connectivity index (χ4v) is 3.04. The van der Waals surface area contributed by atoms with Gasteiger partial charge in [-0.2, -0.15) is 13.2 Å². The van der Waals surface area contributed by atoms with Gasteiger partial charge in [-0.15, -0.1) is 0 Å². The number of hydrogen-bond donors (Lipinski definition) is 2. The fourth-order valence-electron chi connectivity index (χ4n) is 3.04. The summed E-state index contributed by atoms with van der Waals surface area (Å²) in [6.45, 7) is 7.64. The molecule has 0 atom stereocenters. The van der Waals surface area contributed by atoms with Gasteiger partial charge in [-0.1, -0.05) is 6.07 Å². The number of ether oxygens (including phenoxy) is 1. The van der Waals surface area contributed by atoms with Crippen LogP contribution in [-0.4, -0.2) is 31.5 Å². The Balaban J connectivity index is 1.76. The van der Waals surface area contributed by atoms with Gasteiger partial charge in [0, 0.05) is 17.2 Å². The molecule has 0 spiro atoms. The lowest BCUT2D eigenvalue weighted by atomic mass is 9.78. The smallest absolute Gasteiger partial charge is 0.497 e. The highest BCUT2D eigenvalue weighted by atomic mass is 19.4. The number of carbonyl (C=O) groups is 1. The van der Waals surface area contributed by atoms with Gasteiger partial charge in [0.2, 0.25) is 0 Å². The Morgan fingerprint density at radius 1 is 1.00 bits per heavy atom. The number of nitrogens with one attached hydrogen (secondary N) is 2. The lowest BCUT2D eigenvalue weighted by molar-refractivity contribution is -0.137. The number of anilines is 2. The van der Waals surface area contributed by atoms with Gasteiger partial charge in [0.05, 0.1) is 29.6 Å². The van der Waals surface area contributed by atoms with Crippen molar-refractivity contribution >= 4 is 30.0 Å². The third-order valence-corrected chi connectivity index (χ3v) is 5.54. The van der Waals surface area contributed by atoms with E-state index in [1.807, 2.05) is 27.7 Å². The molecule has 2 N–H and O–H groups in total. The second-order valence-electron chi connectivity index (χ2n) is 8.32. The molecule has 3 rings (SSSR count). The van der Waals surface area contributed by atoms with Gasteiger partial charge < -0.3 is 24.7 Å². The molecule has 0 unspecified atom stereocenters. The summed E-state index contributed by atoms with van der Waals surface area (Å²) in [4.78, 5) is 12.2. The number of amides is 2. The second-order valence-corrected chi connectivity index (χ2v) is 8.32. The number of carbonyl (C=O) groups excluding carboxylic acids is 1. The van der Waals surface area contributed by atoms with Crippen LogP contribution in [0.5, 0.6) is 5.75 Å². The summed E-state index contributed by atoms with van der Waals surface area (Å²) in [6, 6.07) is 5.53. The lowest BCUT2D eigenvalue weighted by Crippen LogP contribution is -2.41. The van der Waals surface area contributed by atoms with Crippen molar-refractivity contribution in [1.82, 2.24) is 0 Å². The van der Waals surface area contributed by atoms with Crippen LogP contribution in [0.4, 0.5) is 33.7 Å². The molecule has 0 aliphatic carbocycles. The van der Waals surface area contributed by atoms with Crippen LogP contribution in [0, 0.1) is 5.82 Å². The van der Waals surface area contributed by atoms with Crippen LogP contribution in [0.15, 0.2) is 36.4 Å². The highest BCUT2D eigenvalue weighted by Gasteiger charge is 2.52. The number of benzene rings is 2. The average molecular weight is 454 g/mol.